The van der Waals surface area contributed by atoms with Gasteiger partial charge >= 0.3 is 6.09 Å². The minimum atomic E-state index is -0.526. The second kappa shape index (κ2) is 13.8. The van der Waals surface area contributed by atoms with Gasteiger partial charge in [0.1, 0.15) is 10.8 Å². The molecule has 7 nitrogen and oxygen atoms in total. The molecule has 29 heavy (non-hydrogen) atoms. The fourth-order valence-corrected chi connectivity index (χ4v) is 2.40. The third-order valence-corrected chi connectivity index (χ3v) is 4.02. The van der Waals surface area contributed by atoms with Gasteiger partial charge in [-0.05, 0) is 51.7 Å². The van der Waals surface area contributed by atoms with Gasteiger partial charge in [0.2, 0.25) is 0 Å². The third kappa shape index (κ3) is 12.8. The van der Waals surface area contributed by atoms with Crippen molar-refractivity contribution in [2.75, 3.05) is 19.6 Å². The van der Waals surface area contributed by atoms with Crippen LogP contribution in [0, 0.1) is 5.92 Å². The molecule has 0 aliphatic heterocycles. The van der Waals surface area contributed by atoms with Crippen LogP contribution < -0.4 is 16.0 Å². The molecule has 0 saturated carbocycles. The first-order valence-corrected chi connectivity index (χ1v) is 10.1. The Labute approximate surface area is 196 Å². The predicted molar refractivity (Wildman–Crippen MR) is 130 cm³/mol. The summed E-state index contributed by atoms with van der Waals surface area (Å²) < 4.78 is 5.35. The number of aromatic nitrogens is 1. The van der Waals surface area contributed by atoms with E-state index in [0.29, 0.717) is 24.2 Å². The van der Waals surface area contributed by atoms with Crippen LogP contribution >= 0.6 is 35.6 Å². The van der Waals surface area contributed by atoms with Crippen molar-refractivity contribution in [1.29, 1.82) is 0 Å². The van der Waals surface area contributed by atoms with E-state index < -0.39 is 11.7 Å². The summed E-state index contributed by atoms with van der Waals surface area (Å²) >= 11 is 5.81. The fraction of sp³-hybridized carbons (Fsp3) is 0.650. The first-order valence-electron chi connectivity index (χ1n) is 9.73. The molecule has 1 amide bonds. The summed E-state index contributed by atoms with van der Waals surface area (Å²) in [4.78, 5) is 20.8. The highest BCUT2D eigenvalue weighted by Gasteiger charge is 2.21. The first kappa shape index (κ1) is 27.7. The van der Waals surface area contributed by atoms with Crippen LogP contribution in [0.5, 0.6) is 0 Å². The second-order valence-corrected chi connectivity index (χ2v) is 8.27. The molecule has 0 fully saturated rings. The van der Waals surface area contributed by atoms with Gasteiger partial charge in [0.15, 0.2) is 5.96 Å². The zero-order valence-corrected chi connectivity index (χ0v) is 21.3. The van der Waals surface area contributed by atoms with Gasteiger partial charge in [-0.15, -0.1) is 24.0 Å². The summed E-state index contributed by atoms with van der Waals surface area (Å²) in [6.07, 6.45) is 2.15. The SMILES string of the molecule is CCNC(=NCC(NC(=O)OC(C)(C)C)C(C)C)NCCc1ccc(Cl)nc1.I. The summed E-state index contributed by atoms with van der Waals surface area (Å²) in [5.74, 6) is 0.931. The zero-order chi connectivity index (χ0) is 21.2. The normalized spacial score (nSPS) is 12.8. The molecule has 1 aromatic rings. The summed E-state index contributed by atoms with van der Waals surface area (Å²) in [7, 11) is 0. The number of ether oxygens (including phenoxy) is 1. The van der Waals surface area contributed by atoms with Crippen molar-refractivity contribution in [2.24, 2.45) is 10.9 Å². The Morgan fingerprint density at radius 2 is 1.97 bits per heavy atom. The maximum absolute atomic E-state index is 12.1. The number of hydrogen-bond donors (Lipinski definition) is 3. The number of amides is 1. The van der Waals surface area contributed by atoms with Crippen LogP contribution in [0.15, 0.2) is 23.3 Å². The number of aliphatic imine (C=N–C) groups is 1. The maximum atomic E-state index is 12.1. The lowest BCUT2D eigenvalue weighted by Crippen LogP contribution is -2.45. The van der Waals surface area contributed by atoms with Crippen LogP contribution in [0.4, 0.5) is 4.79 Å². The van der Waals surface area contributed by atoms with Crippen molar-refractivity contribution in [3.05, 3.63) is 29.0 Å². The molecule has 0 aliphatic carbocycles. The monoisotopic (exact) mass is 539 g/mol. The molecule has 0 radical (unpaired) electrons. The maximum Gasteiger partial charge on any atom is 0.407 e. The molecule has 0 saturated heterocycles. The lowest BCUT2D eigenvalue weighted by molar-refractivity contribution is 0.0493. The van der Waals surface area contributed by atoms with Gasteiger partial charge in [-0.3, -0.25) is 4.99 Å². The number of rotatable bonds is 8. The third-order valence-electron chi connectivity index (χ3n) is 3.79. The lowest BCUT2D eigenvalue weighted by Gasteiger charge is -2.25. The summed E-state index contributed by atoms with van der Waals surface area (Å²) in [6, 6.07) is 3.62. The Morgan fingerprint density at radius 1 is 1.28 bits per heavy atom. The van der Waals surface area contributed by atoms with E-state index in [2.05, 4.69) is 25.9 Å². The molecule has 1 rings (SSSR count). The molecule has 1 atom stereocenters. The van der Waals surface area contributed by atoms with Gasteiger partial charge in [0.05, 0.1) is 12.6 Å². The number of carbonyl (C=O) groups is 1. The Morgan fingerprint density at radius 3 is 2.48 bits per heavy atom. The van der Waals surface area contributed by atoms with E-state index in [1.807, 2.05) is 47.6 Å². The van der Waals surface area contributed by atoms with E-state index in [-0.39, 0.29) is 35.9 Å². The molecule has 3 N–H and O–H groups in total. The molecule has 1 heterocycles. The summed E-state index contributed by atoms with van der Waals surface area (Å²) in [6.45, 7) is 13.6. The molecule has 1 aromatic heterocycles. The van der Waals surface area contributed by atoms with Crippen molar-refractivity contribution in [1.82, 2.24) is 20.9 Å². The summed E-state index contributed by atoms with van der Waals surface area (Å²) in [5, 5.41) is 9.93. The molecule has 1 unspecified atom stereocenters. The van der Waals surface area contributed by atoms with Crippen LogP contribution in [0.1, 0.15) is 47.1 Å². The van der Waals surface area contributed by atoms with Crippen LogP contribution in [0.3, 0.4) is 0 Å². The number of hydrogen-bond acceptors (Lipinski definition) is 4. The van der Waals surface area contributed by atoms with E-state index >= 15 is 0 Å². The number of halogens is 2. The molecule has 0 aromatic carbocycles. The number of nitrogens with one attached hydrogen (secondary N) is 3. The molecule has 0 bridgehead atoms. The Balaban J connectivity index is 0.00000784. The average Bonchev–Trinajstić information content (AvgIpc) is 2.58. The quantitative estimate of drug-likeness (QED) is 0.201. The van der Waals surface area contributed by atoms with Crippen LogP contribution in [-0.4, -0.2) is 48.3 Å². The number of pyridine rings is 1. The van der Waals surface area contributed by atoms with Crippen LogP contribution in [-0.2, 0) is 11.2 Å². The van der Waals surface area contributed by atoms with Crippen molar-refractivity contribution in [3.8, 4) is 0 Å². The molecular formula is C20H35ClIN5O2. The number of nitrogens with zero attached hydrogens (tertiary/aromatic N) is 2. The van der Waals surface area contributed by atoms with E-state index in [1.54, 1.807) is 12.3 Å². The zero-order valence-electron chi connectivity index (χ0n) is 18.2. The average molecular weight is 540 g/mol. The van der Waals surface area contributed by atoms with Crippen molar-refractivity contribution in [3.63, 3.8) is 0 Å². The van der Waals surface area contributed by atoms with Crippen molar-refractivity contribution < 1.29 is 9.53 Å². The molecule has 0 aliphatic rings. The van der Waals surface area contributed by atoms with Gasteiger partial charge in [0.25, 0.3) is 0 Å². The van der Waals surface area contributed by atoms with E-state index in [4.69, 9.17) is 16.3 Å². The topological polar surface area (TPSA) is 87.6 Å². The number of alkyl carbamates (subject to hydrolysis) is 1. The van der Waals surface area contributed by atoms with E-state index in [1.165, 1.54) is 0 Å². The smallest absolute Gasteiger partial charge is 0.407 e. The molecule has 166 valence electrons. The highest BCUT2D eigenvalue weighted by Crippen LogP contribution is 2.09. The largest absolute Gasteiger partial charge is 0.444 e. The number of carbonyl (C=O) groups excluding carboxylic acids is 1. The lowest BCUT2D eigenvalue weighted by atomic mass is 10.1. The Kier molecular flexibility index (Phi) is 13.2. The minimum Gasteiger partial charge on any atom is -0.444 e. The van der Waals surface area contributed by atoms with Crippen molar-refractivity contribution in [2.45, 2.75) is 59.6 Å². The van der Waals surface area contributed by atoms with Crippen LogP contribution in [0.2, 0.25) is 5.15 Å². The predicted octanol–water partition coefficient (Wildman–Crippen LogP) is 4.00. The van der Waals surface area contributed by atoms with E-state index in [9.17, 15) is 4.79 Å². The fourth-order valence-electron chi connectivity index (χ4n) is 2.29. The van der Waals surface area contributed by atoms with Gasteiger partial charge < -0.3 is 20.7 Å². The van der Waals surface area contributed by atoms with Gasteiger partial charge in [0, 0.05) is 19.3 Å². The number of guanidine groups is 1. The molecular weight excluding hydrogens is 505 g/mol. The van der Waals surface area contributed by atoms with E-state index in [0.717, 1.165) is 18.5 Å². The standard InChI is InChI=1S/C20H34ClN5O2.HI/c1-7-22-18(23-11-10-15-8-9-17(21)24-12-15)25-13-16(14(2)3)26-19(27)28-20(4,5)6;/h8-9,12,14,16H,7,10-11,13H2,1-6H3,(H,26,27)(H2,22,23,25);1H. The highest BCUT2D eigenvalue weighted by molar-refractivity contribution is 14.0. The van der Waals surface area contributed by atoms with Gasteiger partial charge in [-0.1, -0.05) is 31.5 Å². The van der Waals surface area contributed by atoms with Crippen molar-refractivity contribution >= 4 is 47.6 Å². The van der Waals surface area contributed by atoms with Crippen LogP contribution in [0.25, 0.3) is 0 Å². The van der Waals surface area contributed by atoms with Gasteiger partial charge in [-0.2, -0.15) is 0 Å². The minimum absolute atomic E-state index is 0. The Bertz CT molecular complexity index is 633. The first-order chi connectivity index (χ1) is 13.1. The summed E-state index contributed by atoms with van der Waals surface area (Å²) in [5.41, 5.74) is 0.571. The second-order valence-electron chi connectivity index (χ2n) is 7.88. The highest BCUT2D eigenvalue weighted by atomic mass is 127. The van der Waals surface area contributed by atoms with Gasteiger partial charge in [-0.25, -0.2) is 9.78 Å². The molecule has 9 heteroatoms. The Hall–Kier alpha value is -1.29. The molecule has 0 spiro atoms.